The zero-order valence-electron chi connectivity index (χ0n) is 17.0. The van der Waals surface area contributed by atoms with Gasteiger partial charge in [-0.15, -0.1) is 0 Å². The van der Waals surface area contributed by atoms with E-state index in [1.54, 1.807) is 0 Å². The quantitative estimate of drug-likeness (QED) is 0.565. The van der Waals surface area contributed by atoms with Gasteiger partial charge in [0.15, 0.2) is 0 Å². The summed E-state index contributed by atoms with van der Waals surface area (Å²) >= 11 is 0. The third-order valence-electron chi connectivity index (χ3n) is 6.11. The molecule has 0 spiro atoms. The highest BCUT2D eigenvalue weighted by Crippen LogP contribution is 2.40. The molecule has 2 aliphatic rings. The molecule has 30 heavy (non-hydrogen) atoms. The number of carbonyl (C=O) groups excluding carboxylic acids is 1. The normalized spacial score (nSPS) is 18.5. The van der Waals surface area contributed by atoms with Crippen LogP contribution in [0.4, 0.5) is 0 Å². The summed E-state index contributed by atoms with van der Waals surface area (Å²) in [4.78, 5) is 15.4. The van der Waals surface area contributed by atoms with Gasteiger partial charge in [-0.25, -0.2) is 0 Å². The van der Waals surface area contributed by atoms with Crippen LogP contribution in [0.3, 0.4) is 0 Å². The summed E-state index contributed by atoms with van der Waals surface area (Å²) in [5.74, 6) is 1.02. The molecular weight excluding hydrogens is 370 g/mol. The van der Waals surface area contributed by atoms with Gasteiger partial charge in [-0.3, -0.25) is 4.79 Å². The van der Waals surface area contributed by atoms with E-state index in [-0.39, 0.29) is 5.91 Å². The number of hydrogen-bond acceptors (Lipinski definition) is 2. The monoisotopic (exact) mass is 395 g/mol. The summed E-state index contributed by atoms with van der Waals surface area (Å²) < 4.78 is 5.95. The first kappa shape index (κ1) is 18.7. The van der Waals surface area contributed by atoms with Gasteiger partial charge in [0.2, 0.25) is 0 Å². The maximum Gasteiger partial charge on any atom is 0.255 e. The second kappa shape index (κ2) is 8.19. The Hall–Kier alpha value is -3.33. The molecule has 2 heterocycles. The first-order chi connectivity index (χ1) is 14.8. The number of amides is 1. The van der Waals surface area contributed by atoms with Gasteiger partial charge < -0.3 is 9.64 Å². The topological polar surface area (TPSA) is 29.5 Å². The highest BCUT2D eigenvalue weighted by atomic mass is 16.5. The third-order valence-corrected chi connectivity index (χ3v) is 6.11. The standard InChI is InChI=1S/C27H25NO2/c29-27-26(22-10-5-2-6-11-22)25(18-23-12-7-17-28(23)27)21-13-15-24(16-14-21)30-19-20-8-3-1-4-9-20/h1-6,8-11,13-16,23H,7,12,17-19H2. The first-order valence-electron chi connectivity index (χ1n) is 10.7. The molecule has 1 saturated heterocycles. The predicted octanol–water partition coefficient (Wildman–Crippen LogP) is 5.57. The van der Waals surface area contributed by atoms with Gasteiger partial charge >= 0.3 is 0 Å². The van der Waals surface area contributed by atoms with Crippen molar-refractivity contribution in [2.45, 2.75) is 31.9 Å². The Kier molecular flexibility index (Phi) is 5.10. The second-order valence-electron chi connectivity index (χ2n) is 8.02. The maximum absolute atomic E-state index is 13.4. The molecule has 1 atom stereocenters. The lowest BCUT2D eigenvalue weighted by molar-refractivity contribution is -0.126. The van der Waals surface area contributed by atoms with Crippen LogP contribution in [0.1, 0.15) is 36.0 Å². The van der Waals surface area contributed by atoms with Crippen LogP contribution in [-0.2, 0) is 11.4 Å². The Morgan fingerprint density at radius 2 is 1.53 bits per heavy atom. The van der Waals surface area contributed by atoms with Crippen molar-refractivity contribution in [1.29, 1.82) is 0 Å². The van der Waals surface area contributed by atoms with E-state index < -0.39 is 0 Å². The average molecular weight is 396 g/mol. The van der Waals surface area contributed by atoms with E-state index in [4.69, 9.17) is 4.74 Å². The molecule has 0 aromatic heterocycles. The van der Waals surface area contributed by atoms with Gasteiger partial charge in [-0.2, -0.15) is 0 Å². The number of nitrogens with zero attached hydrogens (tertiary/aromatic N) is 1. The zero-order chi connectivity index (χ0) is 20.3. The smallest absolute Gasteiger partial charge is 0.255 e. The molecule has 3 nitrogen and oxygen atoms in total. The summed E-state index contributed by atoms with van der Waals surface area (Å²) in [7, 11) is 0. The van der Waals surface area contributed by atoms with Crippen LogP contribution in [0, 0.1) is 0 Å². The minimum atomic E-state index is 0.175. The molecule has 1 unspecified atom stereocenters. The van der Waals surface area contributed by atoms with Crippen molar-refractivity contribution >= 4 is 17.1 Å². The summed E-state index contributed by atoms with van der Waals surface area (Å²) in [5.41, 5.74) is 5.28. The van der Waals surface area contributed by atoms with Crippen molar-refractivity contribution in [2.75, 3.05) is 6.54 Å². The summed E-state index contributed by atoms with van der Waals surface area (Å²) in [6, 6.07) is 28.8. The van der Waals surface area contributed by atoms with E-state index in [0.717, 1.165) is 59.4 Å². The van der Waals surface area contributed by atoms with Crippen molar-refractivity contribution in [3.05, 3.63) is 102 Å². The molecule has 3 aromatic rings. The van der Waals surface area contributed by atoms with Gasteiger partial charge in [0.25, 0.3) is 5.91 Å². The highest BCUT2D eigenvalue weighted by Gasteiger charge is 2.37. The molecule has 0 radical (unpaired) electrons. The van der Waals surface area contributed by atoms with Gasteiger partial charge in [0, 0.05) is 12.6 Å². The molecule has 3 heteroatoms. The Balaban J connectivity index is 1.45. The fraction of sp³-hybridized carbons (Fsp3) is 0.222. The number of fused-ring (bicyclic) bond motifs is 1. The zero-order valence-corrected chi connectivity index (χ0v) is 17.0. The summed E-state index contributed by atoms with van der Waals surface area (Å²) in [5, 5.41) is 0. The maximum atomic E-state index is 13.4. The van der Waals surface area contributed by atoms with Crippen molar-refractivity contribution < 1.29 is 9.53 Å². The van der Waals surface area contributed by atoms with Crippen LogP contribution in [0.25, 0.3) is 11.1 Å². The Morgan fingerprint density at radius 3 is 2.27 bits per heavy atom. The molecule has 0 aliphatic carbocycles. The van der Waals surface area contributed by atoms with Crippen molar-refractivity contribution in [3.8, 4) is 5.75 Å². The summed E-state index contributed by atoms with van der Waals surface area (Å²) in [6.45, 7) is 1.42. The van der Waals surface area contributed by atoms with Crippen LogP contribution in [0.5, 0.6) is 5.75 Å². The van der Waals surface area contributed by atoms with E-state index in [9.17, 15) is 4.79 Å². The lowest BCUT2D eigenvalue weighted by atomic mass is 9.85. The van der Waals surface area contributed by atoms with Crippen LogP contribution >= 0.6 is 0 Å². The fourth-order valence-corrected chi connectivity index (χ4v) is 4.58. The largest absolute Gasteiger partial charge is 0.489 e. The van der Waals surface area contributed by atoms with Crippen LogP contribution < -0.4 is 4.74 Å². The molecule has 3 aromatic carbocycles. The minimum Gasteiger partial charge on any atom is -0.489 e. The molecule has 0 N–H and O–H groups in total. The van der Waals surface area contributed by atoms with E-state index in [0.29, 0.717) is 12.6 Å². The van der Waals surface area contributed by atoms with Crippen LogP contribution in [0.15, 0.2) is 84.9 Å². The average Bonchev–Trinajstić information content (AvgIpc) is 3.28. The van der Waals surface area contributed by atoms with Crippen LogP contribution in [0.2, 0.25) is 0 Å². The highest BCUT2D eigenvalue weighted by molar-refractivity contribution is 6.28. The lowest BCUT2D eigenvalue weighted by Gasteiger charge is -2.33. The first-order valence-corrected chi connectivity index (χ1v) is 10.7. The SMILES string of the molecule is O=C1C(c2ccccc2)=C(c2ccc(OCc3ccccc3)cc2)CC2CCCN12. The number of ether oxygens (including phenoxy) is 1. The third kappa shape index (κ3) is 3.63. The number of rotatable bonds is 5. The number of benzene rings is 3. The molecule has 1 fully saturated rings. The van der Waals surface area contributed by atoms with Crippen molar-refractivity contribution in [3.63, 3.8) is 0 Å². The van der Waals surface area contributed by atoms with E-state index in [1.165, 1.54) is 0 Å². The van der Waals surface area contributed by atoms with Crippen LogP contribution in [-0.4, -0.2) is 23.4 Å². The molecule has 5 rings (SSSR count). The lowest BCUT2D eigenvalue weighted by Crippen LogP contribution is -2.39. The van der Waals surface area contributed by atoms with Gasteiger partial charge in [0.05, 0.1) is 5.57 Å². The number of carbonyl (C=O) groups is 1. The van der Waals surface area contributed by atoms with Gasteiger partial charge in [-0.05, 0) is 53.7 Å². The van der Waals surface area contributed by atoms with Crippen molar-refractivity contribution in [2.24, 2.45) is 0 Å². The van der Waals surface area contributed by atoms with E-state index in [2.05, 4.69) is 29.2 Å². The molecule has 0 bridgehead atoms. The van der Waals surface area contributed by atoms with E-state index >= 15 is 0 Å². The molecular formula is C27H25NO2. The molecule has 150 valence electrons. The fourth-order valence-electron chi connectivity index (χ4n) is 4.58. The summed E-state index contributed by atoms with van der Waals surface area (Å²) in [6.07, 6.45) is 3.10. The second-order valence-corrected chi connectivity index (χ2v) is 8.02. The van der Waals surface area contributed by atoms with Crippen molar-refractivity contribution in [1.82, 2.24) is 4.90 Å². The Labute approximate surface area is 177 Å². The Bertz CT molecular complexity index is 1060. The van der Waals surface area contributed by atoms with E-state index in [1.807, 2.05) is 60.7 Å². The van der Waals surface area contributed by atoms with Gasteiger partial charge in [0.1, 0.15) is 12.4 Å². The molecule has 0 saturated carbocycles. The molecule has 1 amide bonds. The Morgan fingerprint density at radius 1 is 0.833 bits per heavy atom. The molecule has 2 aliphatic heterocycles. The number of hydrogen-bond donors (Lipinski definition) is 0. The van der Waals surface area contributed by atoms with Gasteiger partial charge in [-0.1, -0.05) is 72.8 Å². The minimum absolute atomic E-state index is 0.175. The predicted molar refractivity (Wildman–Crippen MR) is 120 cm³/mol.